The van der Waals surface area contributed by atoms with Gasteiger partial charge in [-0.1, -0.05) is 44.2 Å². The van der Waals surface area contributed by atoms with Gasteiger partial charge in [0.15, 0.2) is 0 Å². The Morgan fingerprint density at radius 2 is 2.04 bits per heavy atom. The zero-order chi connectivity index (χ0) is 18.8. The van der Waals surface area contributed by atoms with Gasteiger partial charge in [-0.2, -0.15) is 0 Å². The van der Waals surface area contributed by atoms with E-state index in [0.717, 1.165) is 38.0 Å². The van der Waals surface area contributed by atoms with Crippen molar-refractivity contribution >= 4 is 11.8 Å². The number of ether oxygens (including phenoxy) is 1. The summed E-state index contributed by atoms with van der Waals surface area (Å²) < 4.78 is 5.52. The summed E-state index contributed by atoms with van der Waals surface area (Å²) in [6.07, 6.45) is 2.96. The van der Waals surface area contributed by atoms with E-state index in [2.05, 4.69) is 19.2 Å². The Balaban J connectivity index is 1.69. The Hall–Kier alpha value is -1.88. The molecule has 0 bridgehead atoms. The molecule has 1 unspecified atom stereocenters. The summed E-state index contributed by atoms with van der Waals surface area (Å²) in [5.74, 6) is 0.605. The number of benzene rings is 1. The maximum atomic E-state index is 12.5. The number of hydrogen-bond donors (Lipinski definition) is 1. The van der Waals surface area contributed by atoms with Crippen molar-refractivity contribution in [3.63, 3.8) is 0 Å². The van der Waals surface area contributed by atoms with Crippen LogP contribution in [0.15, 0.2) is 30.3 Å². The van der Waals surface area contributed by atoms with Crippen LogP contribution in [0.2, 0.25) is 0 Å². The molecule has 2 amide bonds. The lowest BCUT2D eigenvalue weighted by Crippen LogP contribution is -2.46. The maximum absolute atomic E-state index is 12.5. The van der Waals surface area contributed by atoms with Crippen LogP contribution in [0.1, 0.15) is 38.7 Å². The van der Waals surface area contributed by atoms with Gasteiger partial charge in [-0.05, 0) is 30.7 Å². The molecule has 0 saturated carbocycles. The van der Waals surface area contributed by atoms with Gasteiger partial charge in [-0.25, -0.2) is 0 Å². The molecule has 1 aromatic rings. The topological polar surface area (TPSA) is 58.6 Å². The molecule has 0 radical (unpaired) electrons. The number of likely N-dealkylation sites (tertiary alicyclic amines) is 1. The Morgan fingerprint density at radius 1 is 1.27 bits per heavy atom. The third-order valence-corrected chi connectivity index (χ3v) is 4.56. The fourth-order valence-corrected chi connectivity index (χ4v) is 3.15. The summed E-state index contributed by atoms with van der Waals surface area (Å²) in [5.41, 5.74) is 1.02. The number of nitrogens with zero attached hydrogens (tertiary/aromatic N) is 1. The third-order valence-electron chi connectivity index (χ3n) is 4.56. The molecular weight excluding hydrogens is 328 g/mol. The number of amides is 2. The van der Waals surface area contributed by atoms with Crippen LogP contribution >= 0.6 is 0 Å². The normalized spacial score (nSPS) is 17.3. The van der Waals surface area contributed by atoms with Gasteiger partial charge in [0.1, 0.15) is 0 Å². The Kier molecular flexibility index (Phi) is 8.62. The van der Waals surface area contributed by atoms with Crippen molar-refractivity contribution < 1.29 is 14.3 Å². The minimum absolute atomic E-state index is 0.0612. The van der Waals surface area contributed by atoms with Crippen molar-refractivity contribution in [2.24, 2.45) is 11.8 Å². The second-order valence-corrected chi connectivity index (χ2v) is 7.45. The fourth-order valence-electron chi connectivity index (χ4n) is 3.15. The van der Waals surface area contributed by atoms with Gasteiger partial charge >= 0.3 is 0 Å². The second-order valence-electron chi connectivity index (χ2n) is 7.45. The summed E-state index contributed by atoms with van der Waals surface area (Å²) >= 11 is 0. The average Bonchev–Trinajstić information content (AvgIpc) is 2.65. The smallest absolute Gasteiger partial charge is 0.227 e. The maximum Gasteiger partial charge on any atom is 0.227 e. The molecule has 2 rings (SSSR count). The molecule has 1 aliphatic heterocycles. The molecule has 5 nitrogen and oxygen atoms in total. The highest BCUT2D eigenvalue weighted by Gasteiger charge is 2.28. The molecule has 1 aromatic carbocycles. The van der Waals surface area contributed by atoms with E-state index >= 15 is 0 Å². The average molecular weight is 360 g/mol. The van der Waals surface area contributed by atoms with Crippen molar-refractivity contribution in [2.75, 3.05) is 32.8 Å². The molecule has 1 atom stereocenters. The highest BCUT2D eigenvalue weighted by Crippen LogP contribution is 2.18. The van der Waals surface area contributed by atoms with Crippen LogP contribution in [-0.2, 0) is 20.7 Å². The molecule has 0 aliphatic carbocycles. The van der Waals surface area contributed by atoms with Gasteiger partial charge < -0.3 is 15.0 Å². The summed E-state index contributed by atoms with van der Waals surface area (Å²) in [7, 11) is 0. The van der Waals surface area contributed by atoms with Gasteiger partial charge in [-0.15, -0.1) is 0 Å². The minimum atomic E-state index is -0.0972. The first-order valence-corrected chi connectivity index (χ1v) is 9.73. The SMILES string of the molecule is CC(C)COCCCNC(=O)C1CCCN(C(=O)Cc2ccccc2)C1. The van der Waals surface area contributed by atoms with E-state index in [0.29, 0.717) is 32.0 Å². The predicted octanol–water partition coefficient (Wildman–Crippen LogP) is 2.65. The van der Waals surface area contributed by atoms with E-state index < -0.39 is 0 Å². The molecule has 144 valence electrons. The zero-order valence-electron chi connectivity index (χ0n) is 16.1. The summed E-state index contributed by atoms with van der Waals surface area (Å²) in [4.78, 5) is 26.7. The van der Waals surface area contributed by atoms with E-state index in [4.69, 9.17) is 4.74 Å². The zero-order valence-corrected chi connectivity index (χ0v) is 16.1. The molecule has 0 aromatic heterocycles. The fraction of sp³-hybridized carbons (Fsp3) is 0.619. The molecule has 5 heteroatoms. The molecule has 0 spiro atoms. The highest BCUT2D eigenvalue weighted by atomic mass is 16.5. The van der Waals surface area contributed by atoms with Crippen LogP contribution in [0.4, 0.5) is 0 Å². The lowest BCUT2D eigenvalue weighted by Gasteiger charge is -2.32. The van der Waals surface area contributed by atoms with E-state index in [9.17, 15) is 9.59 Å². The van der Waals surface area contributed by atoms with Crippen molar-refractivity contribution in [1.29, 1.82) is 0 Å². The number of carbonyl (C=O) groups is 2. The molecule has 26 heavy (non-hydrogen) atoms. The molecule has 1 saturated heterocycles. The minimum Gasteiger partial charge on any atom is -0.381 e. The first-order chi connectivity index (χ1) is 12.6. The standard InChI is InChI=1S/C21H32N2O3/c1-17(2)16-26-13-7-11-22-21(25)19-10-6-12-23(15-19)20(24)14-18-8-4-3-5-9-18/h3-5,8-9,17,19H,6-7,10-16H2,1-2H3,(H,22,25). The lowest BCUT2D eigenvalue weighted by molar-refractivity contribution is -0.135. The second kappa shape index (κ2) is 11.0. The van der Waals surface area contributed by atoms with Crippen molar-refractivity contribution in [3.8, 4) is 0 Å². The van der Waals surface area contributed by atoms with E-state index in [1.54, 1.807) is 0 Å². The van der Waals surface area contributed by atoms with Crippen molar-refractivity contribution in [3.05, 3.63) is 35.9 Å². The van der Waals surface area contributed by atoms with E-state index in [1.165, 1.54) is 0 Å². The first-order valence-electron chi connectivity index (χ1n) is 9.73. The number of carbonyl (C=O) groups excluding carboxylic acids is 2. The molecule has 1 fully saturated rings. The van der Waals surface area contributed by atoms with Crippen LogP contribution in [0.25, 0.3) is 0 Å². The Labute approximate surface area is 157 Å². The lowest BCUT2D eigenvalue weighted by atomic mass is 9.96. The molecule has 1 heterocycles. The van der Waals surface area contributed by atoms with Gasteiger partial charge in [0.2, 0.25) is 11.8 Å². The molecule has 1 aliphatic rings. The quantitative estimate of drug-likeness (QED) is 0.689. The Bertz CT molecular complexity index is 560. The summed E-state index contributed by atoms with van der Waals surface area (Å²) in [6, 6.07) is 9.77. The third kappa shape index (κ3) is 7.16. The van der Waals surface area contributed by atoms with E-state index in [1.807, 2.05) is 35.2 Å². The number of nitrogens with one attached hydrogen (secondary N) is 1. The van der Waals surface area contributed by atoms with E-state index in [-0.39, 0.29) is 17.7 Å². The van der Waals surface area contributed by atoms with Crippen LogP contribution in [0, 0.1) is 11.8 Å². The van der Waals surface area contributed by atoms with Gasteiger partial charge in [0.25, 0.3) is 0 Å². The van der Waals surface area contributed by atoms with Crippen LogP contribution in [0.5, 0.6) is 0 Å². The van der Waals surface area contributed by atoms with Gasteiger partial charge in [-0.3, -0.25) is 9.59 Å². The molecular formula is C21H32N2O3. The number of hydrogen-bond acceptors (Lipinski definition) is 3. The monoisotopic (exact) mass is 360 g/mol. The first kappa shape index (κ1) is 20.4. The predicted molar refractivity (Wildman–Crippen MR) is 103 cm³/mol. The summed E-state index contributed by atoms with van der Waals surface area (Å²) in [6.45, 7) is 7.58. The highest BCUT2D eigenvalue weighted by molar-refractivity contribution is 5.82. The van der Waals surface area contributed by atoms with Crippen LogP contribution in [0.3, 0.4) is 0 Å². The van der Waals surface area contributed by atoms with Crippen LogP contribution in [-0.4, -0.2) is 49.6 Å². The van der Waals surface area contributed by atoms with Gasteiger partial charge in [0, 0.05) is 32.8 Å². The number of rotatable bonds is 9. The van der Waals surface area contributed by atoms with Gasteiger partial charge in [0.05, 0.1) is 12.3 Å². The molecule has 1 N–H and O–H groups in total. The van der Waals surface area contributed by atoms with Crippen LogP contribution < -0.4 is 5.32 Å². The Morgan fingerprint density at radius 3 is 2.77 bits per heavy atom. The van der Waals surface area contributed by atoms with Crippen molar-refractivity contribution in [2.45, 2.75) is 39.5 Å². The van der Waals surface area contributed by atoms with Crippen molar-refractivity contribution in [1.82, 2.24) is 10.2 Å². The summed E-state index contributed by atoms with van der Waals surface area (Å²) in [5, 5.41) is 2.99. The largest absolute Gasteiger partial charge is 0.381 e. The number of piperidine rings is 1.